The Bertz CT molecular complexity index is 1420. The molecule has 0 aliphatic carbocycles. The highest BCUT2D eigenvalue weighted by molar-refractivity contribution is 7.80. The van der Waals surface area contributed by atoms with Crippen LogP contribution in [-0.4, -0.2) is 16.9 Å². The van der Waals surface area contributed by atoms with Gasteiger partial charge in [-0.1, -0.05) is 47.5 Å². The third-order valence-corrected chi connectivity index (χ3v) is 6.07. The Morgan fingerprint density at radius 3 is 2.37 bits per heavy atom. The molecule has 35 heavy (non-hydrogen) atoms. The van der Waals surface area contributed by atoms with Gasteiger partial charge in [0.1, 0.15) is 5.76 Å². The fourth-order valence-corrected chi connectivity index (χ4v) is 3.90. The van der Waals surface area contributed by atoms with E-state index in [1.165, 1.54) is 6.07 Å². The third-order valence-electron chi connectivity index (χ3n) is 5.04. The van der Waals surface area contributed by atoms with Crippen molar-refractivity contribution in [2.75, 3.05) is 10.6 Å². The van der Waals surface area contributed by atoms with Crippen LogP contribution in [0.3, 0.4) is 0 Å². The lowest BCUT2D eigenvalue weighted by atomic mass is 10.1. The Morgan fingerprint density at radius 2 is 1.63 bits per heavy atom. The van der Waals surface area contributed by atoms with Crippen LogP contribution in [0.2, 0.25) is 10.0 Å². The van der Waals surface area contributed by atoms with Crippen molar-refractivity contribution in [2.45, 2.75) is 6.92 Å². The molecule has 0 fully saturated rings. The number of carbonyl (C=O) groups is 2. The van der Waals surface area contributed by atoms with Gasteiger partial charge in [-0.15, -0.1) is 0 Å². The number of furan rings is 1. The number of anilines is 2. The molecule has 1 heterocycles. The molecule has 0 unspecified atom stereocenters. The van der Waals surface area contributed by atoms with Gasteiger partial charge < -0.3 is 15.1 Å². The second-order valence-corrected chi connectivity index (χ2v) is 8.72. The molecule has 3 aromatic carbocycles. The van der Waals surface area contributed by atoms with Gasteiger partial charge in [-0.3, -0.25) is 14.9 Å². The van der Waals surface area contributed by atoms with Gasteiger partial charge in [-0.2, -0.15) is 0 Å². The molecule has 1 aromatic heterocycles. The maximum atomic E-state index is 12.6. The summed E-state index contributed by atoms with van der Waals surface area (Å²) in [6.45, 7) is 1.86. The standard InChI is InChI=1S/C26H19Cl2N3O3S/c1-15-14-17(10-11-20(15)30-24(32)16-6-3-2-4-7-16)29-26(35)31-25(33)22-13-12-21(34-22)18-8-5-9-19(27)23(18)28/h2-14H,1H3,(H,30,32)(H2,29,31,33,35). The van der Waals surface area contributed by atoms with Crippen molar-refractivity contribution in [1.29, 1.82) is 0 Å². The molecule has 0 saturated heterocycles. The number of benzene rings is 3. The topological polar surface area (TPSA) is 83.4 Å². The SMILES string of the molecule is Cc1cc(NC(=S)NC(=O)c2ccc(-c3cccc(Cl)c3Cl)o2)ccc1NC(=O)c1ccccc1. The maximum Gasteiger partial charge on any atom is 0.293 e. The van der Waals surface area contributed by atoms with E-state index in [9.17, 15) is 9.59 Å². The second-order valence-electron chi connectivity index (χ2n) is 7.52. The first kappa shape index (κ1) is 24.5. The lowest BCUT2D eigenvalue weighted by molar-refractivity contribution is 0.0950. The number of halogens is 2. The van der Waals surface area contributed by atoms with Gasteiger partial charge in [0.2, 0.25) is 0 Å². The molecule has 4 aromatic rings. The molecule has 2 amide bonds. The number of hydrogen-bond acceptors (Lipinski definition) is 4. The first-order valence-corrected chi connectivity index (χ1v) is 11.6. The predicted octanol–water partition coefficient (Wildman–Crippen LogP) is 6.94. The molecular formula is C26H19Cl2N3O3S. The monoisotopic (exact) mass is 523 g/mol. The van der Waals surface area contributed by atoms with E-state index in [1.807, 2.05) is 19.1 Å². The van der Waals surface area contributed by atoms with Gasteiger partial charge in [-0.05, 0) is 79.3 Å². The number of nitrogens with one attached hydrogen (secondary N) is 3. The smallest absolute Gasteiger partial charge is 0.293 e. The van der Waals surface area contributed by atoms with Crippen molar-refractivity contribution in [2.24, 2.45) is 0 Å². The highest BCUT2D eigenvalue weighted by Crippen LogP contribution is 2.34. The summed E-state index contributed by atoms with van der Waals surface area (Å²) in [4.78, 5) is 25.0. The minimum Gasteiger partial charge on any atom is -0.451 e. The van der Waals surface area contributed by atoms with Crippen molar-refractivity contribution in [1.82, 2.24) is 5.32 Å². The fourth-order valence-electron chi connectivity index (χ4n) is 3.29. The summed E-state index contributed by atoms with van der Waals surface area (Å²) in [5, 5.41) is 9.24. The van der Waals surface area contributed by atoms with Crippen LogP contribution in [0.1, 0.15) is 26.5 Å². The van der Waals surface area contributed by atoms with Crippen LogP contribution in [0.4, 0.5) is 11.4 Å². The van der Waals surface area contributed by atoms with E-state index in [4.69, 9.17) is 39.8 Å². The number of hydrogen-bond donors (Lipinski definition) is 3. The van der Waals surface area contributed by atoms with Gasteiger partial charge >= 0.3 is 0 Å². The lowest BCUT2D eigenvalue weighted by Gasteiger charge is -2.12. The van der Waals surface area contributed by atoms with Crippen molar-refractivity contribution >= 4 is 63.7 Å². The number of thiocarbonyl (C=S) groups is 1. The molecular weight excluding hydrogens is 505 g/mol. The van der Waals surface area contributed by atoms with E-state index in [-0.39, 0.29) is 16.8 Å². The molecule has 176 valence electrons. The number of carbonyl (C=O) groups excluding carboxylic acids is 2. The van der Waals surface area contributed by atoms with E-state index in [2.05, 4.69) is 16.0 Å². The summed E-state index contributed by atoms with van der Waals surface area (Å²) < 4.78 is 5.64. The quantitative estimate of drug-likeness (QED) is 0.246. The largest absolute Gasteiger partial charge is 0.451 e. The van der Waals surface area contributed by atoms with Gasteiger partial charge in [0.25, 0.3) is 11.8 Å². The zero-order chi connectivity index (χ0) is 24.9. The fraction of sp³-hybridized carbons (Fsp3) is 0.0385. The molecule has 0 atom stereocenters. The Labute approximate surface area is 217 Å². The van der Waals surface area contributed by atoms with E-state index >= 15 is 0 Å². The van der Waals surface area contributed by atoms with E-state index < -0.39 is 5.91 Å². The van der Waals surface area contributed by atoms with Crippen molar-refractivity contribution < 1.29 is 14.0 Å². The Morgan fingerprint density at radius 1 is 0.857 bits per heavy atom. The Kier molecular flexibility index (Phi) is 7.51. The highest BCUT2D eigenvalue weighted by atomic mass is 35.5. The van der Waals surface area contributed by atoms with Crippen LogP contribution < -0.4 is 16.0 Å². The van der Waals surface area contributed by atoms with E-state index in [0.29, 0.717) is 38.3 Å². The average molecular weight is 524 g/mol. The minimum absolute atomic E-state index is 0.0651. The van der Waals surface area contributed by atoms with Crippen LogP contribution in [0.15, 0.2) is 83.3 Å². The molecule has 0 aliphatic rings. The van der Waals surface area contributed by atoms with Crippen molar-refractivity contribution in [3.63, 3.8) is 0 Å². The van der Waals surface area contributed by atoms with Crippen molar-refractivity contribution in [3.05, 3.63) is 106 Å². The normalized spacial score (nSPS) is 10.5. The second kappa shape index (κ2) is 10.7. The van der Waals surface area contributed by atoms with Gasteiger partial charge in [0, 0.05) is 22.5 Å². The third kappa shape index (κ3) is 5.89. The van der Waals surface area contributed by atoms with Crippen LogP contribution in [-0.2, 0) is 0 Å². The first-order valence-electron chi connectivity index (χ1n) is 10.5. The maximum absolute atomic E-state index is 12.6. The zero-order valence-corrected chi connectivity index (χ0v) is 20.7. The number of rotatable bonds is 5. The van der Waals surface area contributed by atoms with Crippen LogP contribution in [0, 0.1) is 6.92 Å². The van der Waals surface area contributed by atoms with Gasteiger partial charge in [-0.25, -0.2) is 0 Å². The molecule has 4 rings (SSSR count). The summed E-state index contributed by atoms with van der Waals surface area (Å²) >= 11 is 17.5. The molecule has 0 saturated carbocycles. The van der Waals surface area contributed by atoms with Crippen LogP contribution >= 0.6 is 35.4 Å². The molecule has 9 heteroatoms. The number of amides is 2. The molecule has 6 nitrogen and oxygen atoms in total. The van der Waals surface area contributed by atoms with Crippen LogP contribution in [0.5, 0.6) is 0 Å². The molecule has 3 N–H and O–H groups in total. The van der Waals surface area contributed by atoms with Gasteiger partial charge in [0.05, 0.1) is 10.0 Å². The zero-order valence-electron chi connectivity index (χ0n) is 18.4. The minimum atomic E-state index is -0.518. The summed E-state index contributed by atoms with van der Waals surface area (Å²) in [5.74, 6) is -0.245. The van der Waals surface area contributed by atoms with E-state index in [1.54, 1.807) is 60.7 Å². The predicted molar refractivity (Wildman–Crippen MR) is 143 cm³/mol. The summed E-state index contributed by atoms with van der Waals surface area (Å²) in [6.07, 6.45) is 0. The first-order chi connectivity index (χ1) is 16.8. The summed E-state index contributed by atoms with van der Waals surface area (Å²) in [6, 6.07) is 22.6. The Hall–Kier alpha value is -3.65. The lowest BCUT2D eigenvalue weighted by Crippen LogP contribution is -2.33. The molecule has 0 bridgehead atoms. The average Bonchev–Trinajstić information content (AvgIpc) is 3.33. The number of aryl methyl sites for hydroxylation is 1. The molecule has 0 spiro atoms. The van der Waals surface area contributed by atoms with Crippen molar-refractivity contribution in [3.8, 4) is 11.3 Å². The summed E-state index contributed by atoms with van der Waals surface area (Å²) in [5.41, 5.74) is 3.28. The van der Waals surface area contributed by atoms with Crippen LogP contribution in [0.25, 0.3) is 11.3 Å². The molecule has 0 aliphatic heterocycles. The summed E-state index contributed by atoms with van der Waals surface area (Å²) in [7, 11) is 0. The van der Waals surface area contributed by atoms with E-state index in [0.717, 1.165) is 5.56 Å². The Balaban J connectivity index is 1.37. The highest BCUT2D eigenvalue weighted by Gasteiger charge is 2.16. The molecule has 0 radical (unpaired) electrons. The van der Waals surface area contributed by atoms with Gasteiger partial charge in [0.15, 0.2) is 10.9 Å².